The molecule has 0 spiro atoms. The SMILES string of the molecule is CCOC(=O)Cc1csc(NN=Cc2cc(Cl)ccc2OCc2cccc(Br)c2)n1. The van der Waals surface area contributed by atoms with Crippen LogP contribution in [-0.2, 0) is 22.6 Å². The van der Waals surface area contributed by atoms with E-state index in [4.69, 9.17) is 21.1 Å². The van der Waals surface area contributed by atoms with E-state index < -0.39 is 0 Å². The van der Waals surface area contributed by atoms with E-state index in [0.717, 1.165) is 15.6 Å². The highest BCUT2D eigenvalue weighted by Crippen LogP contribution is 2.23. The number of thiazole rings is 1. The van der Waals surface area contributed by atoms with Crippen LogP contribution in [0.25, 0.3) is 0 Å². The molecule has 0 fully saturated rings. The van der Waals surface area contributed by atoms with Gasteiger partial charge >= 0.3 is 5.97 Å². The van der Waals surface area contributed by atoms with Gasteiger partial charge in [0.15, 0.2) is 0 Å². The Morgan fingerprint density at radius 1 is 1.33 bits per heavy atom. The van der Waals surface area contributed by atoms with E-state index in [1.165, 1.54) is 11.3 Å². The third-order valence-corrected chi connectivity index (χ3v) is 5.33. The normalized spacial score (nSPS) is 10.9. The summed E-state index contributed by atoms with van der Waals surface area (Å²) < 4.78 is 11.9. The molecule has 30 heavy (non-hydrogen) atoms. The Morgan fingerprint density at radius 3 is 3.00 bits per heavy atom. The summed E-state index contributed by atoms with van der Waals surface area (Å²) in [7, 11) is 0. The Hall–Kier alpha value is -2.42. The minimum Gasteiger partial charge on any atom is -0.488 e. The Bertz CT molecular complexity index is 1040. The lowest BCUT2D eigenvalue weighted by Gasteiger charge is -2.10. The average molecular weight is 509 g/mol. The standard InChI is InChI=1S/C21H19BrClN3O3S/c1-2-28-20(27)10-18-13-30-21(25-18)26-24-11-15-9-17(23)6-7-19(15)29-12-14-4-3-5-16(22)8-14/h3-9,11,13H,2,10,12H2,1H3,(H,25,26). The second kappa shape index (κ2) is 11.1. The number of hydrogen-bond donors (Lipinski definition) is 1. The van der Waals surface area contributed by atoms with Gasteiger partial charge in [0, 0.05) is 20.4 Å². The van der Waals surface area contributed by atoms with Gasteiger partial charge in [-0.25, -0.2) is 4.98 Å². The van der Waals surface area contributed by atoms with E-state index >= 15 is 0 Å². The van der Waals surface area contributed by atoms with Gasteiger partial charge in [0.25, 0.3) is 0 Å². The first-order valence-electron chi connectivity index (χ1n) is 9.09. The summed E-state index contributed by atoms with van der Waals surface area (Å²) in [5.74, 6) is 0.357. The Morgan fingerprint density at radius 2 is 2.20 bits per heavy atom. The first-order valence-corrected chi connectivity index (χ1v) is 11.1. The zero-order valence-electron chi connectivity index (χ0n) is 16.1. The van der Waals surface area contributed by atoms with Crippen LogP contribution < -0.4 is 10.2 Å². The lowest BCUT2D eigenvalue weighted by molar-refractivity contribution is -0.142. The van der Waals surface area contributed by atoms with Gasteiger partial charge in [-0.15, -0.1) is 11.3 Å². The van der Waals surface area contributed by atoms with Crippen LogP contribution >= 0.6 is 38.9 Å². The molecule has 3 aromatic rings. The monoisotopic (exact) mass is 507 g/mol. The van der Waals surface area contributed by atoms with Crippen LogP contribution in [0.2, 0.25) is 5.02 Å². The topological polar surface area (TPSA) is 72.8 Å². The fraction of sp³-hybridized carbons (Fsp3) is 0.190. The third-order valence-electron chi connectivity index (χ3n) is 3.80. The number of rotatable bonds is 9. The van der Waals surface area contributed by atoms with Gasteiger partial charge in [0.1, 0.15) is 12.4 Å². The van der Waals surface area contributed by atoms with Gasteiger partial charge in [-0.3, -0.25) is 10.2 Å². The number of aromatic nitrogens is 1. The number of hydrazone groups is 1. The second-order valence-electron chi connectivity index (χ2n) is 6.10. The van der Waals surface area contributed by atoms with E-state index in [0.29, 0.717) is 34.8 Å². The number of carbonyl (C=O) groups is 1. The molecule has 0 radical (unpaired) electrons. The number of hydrogen-bond acceptors (Lipinski definition) is 7. The van der Waals surface area contributed by atoms with Crippen LogP contribution in [0.1, 0.15) is 23.7 Å². The zero-order chi connectivity index (χ0) is 21.3. The number of nitrogens with one attached hydrogen (secondary N) is 1. The molecule has 0 aliphatic heterocycles. The van der Waals surface area contributed by atoms with Crippen molar-refractivity contribution >= 4 is 56.2 Å². The van der Waals surface area contributed by atoms with Gasteiger partial charge in [-0.05, 0) is 42.8 Å². The lowest BCUT2D eigenvalue weighted by Crippen LogP contribution is -2.07. The quantitative estimate of drug-likeness (QED) is 0.228. The summed E-state index contributed by atoms with van der Waals surface area (Å²) in [5, 5.41) is 7.17. The highest BCUT2D eigenvalue weighted by Gasteiger charge is 2.08. The van der Waals surface area contributed by atoms with Gasteiger partial charge in [0.2, 0.25) is 5.13 Å². The number of halogens is 2. The molecule has 2 aromatic carbocycles. The highest BCUT2D eigenvalue weighted by molar-refractivity contribution is 9.10. The summed E-state index contributed by atoms with van der Waals surface area (Å²) in [5.41, 5.74) is 5.27. The molecule has 0 saturated heterocycles. The van der Waals surface area contributed by atoms with E-state index in [1.807, 2.05) is 30.3 Å². The van der Waals surface area contributed by atoms with Crippen molar-refractivity contribution in [2.45, 2.75) is 20.0 Å². The predicted molar refractivity (Wildman–Crippen MR) is 124 cm³/mol. The van der Waals surface area contributed by atoms with E-state index in [2.05, 4.69) is 31.4 Å². The van der Waals surface area contributed by atoms with Crippen LogP contribution in [0, 0.1) is 0 Å². The summed E-state index contributed by atoms with van der Waals surface area (Å²) in [6.45, 7) is 2.54. The van der Waals surface area contributed by atoms with Crippen molar-refractivity contribution in [3.63, 3.8) is 0 Å². The molecule has 0 aliphatic carbocycles. The zero-order valence-corrected chi connectivity index (χ0v) is 19.3. The van der Waals surface area contributed by atoms with Crippen LogP contribution in [0.3, 0.4) is 0 Å². The largest absolute Gasteiger partial charge is 0.488 e. The van der Waals surface area contributed by atoms with Crippen LogP contribution in [0.4, 0.5) is 5.13 Å². The fourth-order valence-corrected chi connectivity index (χ4v) is 3.78. The number of nitrogens with zero attached hydrogens (tertiary/aromatic N) is 2. The summed E-state index contributed by atoms with van der Waals surface area (Å²) in [6.07, 6.45) is 1.76. The number of anilines is 1. The maximum atomic E-state index is 11.5. The number of esters is 1. The van der Waals surface area contributed by atoms with Crippen molar-refractivity contribution in [1.29, 1.82) is 0 Å². The maximum Gasteiger partial charge on any atom is 0.311 e. The van der Waals surface area contributed by atoms with E-state index in [-0.39, 0.29) is 12.4 Å². The molecule has 3 rings (SSSR count). The average Bonchev–Trinajstić information content (AvgIpc) is 3.14. The first-order chi connectivity index (χ1) is 14.5. The second-order valence-corrected chi connectivity index (χ2v) is 8.31. The van der Waals surface area contributed by atoms with Crippen molar-refractivity contribution in [3.05, 3.63) is 74.2 Å². The van der Waals surface area contributed by atoms with Crippen molar-refractivity contribution in [1.82, 2.24) is 4.98 Å². The summed E-state index contributed by atoms with van der Waals surface area (Å²) in [4.78, 5) is 15.9. The number of carbonyl (C=O) groups excluding carboxylic acids is 1. The Labute approximate surface area is 192 Å². The lowest BCUT2D eigenvalue weighted by atomic mass is 10.2. The third kappa shape index (κ3) is 6.83. The summed E-state index contributed by atoms with van der Waals surface area (Å²) >= 11 is 10.9. The minimum atomic E-state index is -0.302. The molecule has 6 nitrogen and oxygen atoms in total. The van der Waals surface area contributed by atoms with Crippen LogP contribution in [0.5, 0.6) is 5.75 Å². The van der Waals surface area contributed by atoms with Gasteiger partial charge in [-0.2, -0.15) is 5.10 Å². The molecule has 0 aliphatic rings. The predicted octanol–water partition coefficient (Wildman–Crippen LogP) is 5.69. The highest BCUT2D eigenvalue weighted by atomic mass is 79.9. The molecule has 0 saturated carbocycles. The molecule has 156 valence electrons. The molecule has 1 aromatic heterocycles. The maximum absolute atomic E-state index is 11.5. The van der Waals surface area contributed by atoms with Gasteiger partial charge < -0.3 is 9.47 Å². The molecule has 0 atom stereocenters. The number of benzene rings is 2. The fourth-order valence-electron chi connectivity index (χ4n) is 2.50. The van der Waals surface area contributed by atoms with Crippen molar-refractivity contribution in [2.75, 3.05) is 12.0 Å². The molecule has 0 bridgehead atoms. The molecule has 9 heteroatoms. The Balaban J connectivity index is 1.63. The minimum absolute atomic E-state index is 0.137. The molecule has 0 amide bonds. The van der Waals surface area contributed by atoms with Crippen molar-refractivity contribution in [3.8, 4) is 5.75 Å². The molecule has 1 N–H and O–H groups in total. The summed E-state index contributed by atoms with van der Waals surface area (Å²) in [6, 6.07) is 13.3. The molecular formula is C21H19BrClN3O3S. The van der Waals surface area contributed by atoms with Crippen molar-refractivity contribution < 1.29 is 14.3 Å². The van der Waals surface area contributed by atoms with Crippen LogP contribution in [-0.4, -0.2) is 23.8 Å². The van der Waals surface area contributed by atoms with Gasteiger partial charge in [0.05, 0.1) is 24.9 Å². The molecular weight excluding hydrogens is 490 g/mol. The number of ether oxygens (including phenoxy) is 2. The molecule has 1 heterocycles. The molecule has 0 unspecified atom stereocenters. The Kier molecular flexibility index (Phi) is 8.24. The van der Waals surface area contributed by atoms with Crippen LogP contribution in [0.15, 0.2) is 57.4 Å². The van der Waals surface area contributed by atoms with Crippen molar-refractivity contribution in [2.24, 2.45) is 5.10 Å². The van der Waals surface area contributed by atoms with Gasteiger partial charge in [-0.1, -0.05) is 39.7 Å². The smallest absolute Gasteiger partial charge is 0.311 e. The van der Waals surface area contributed by atoms with E-state index in [1.54, 1.807) is 30.7 Å². The first kappa shape index (κ1) is 22.3. The van der Waals surface area contributed by atoms with E-state index in [9.17, 15) is 4.79 Å².